The van der Waals surface area contributed by atoms with Gasteiger partial charge in [-0.1, -0.05) is 0 Å². The van der Waals surface area contributed by atoms with Crippen molar-refractivity contribution in [3.8, 4) is 0 Å². The second-order valence-corrected chi connectivity index (χ2v) is 7.84. The fourth-order valence-corrected chi connectivity index (χ4v) is 3.68. The highest BCUT2D eigenvalue weighted by Gasteiger charge is 2.33. The minimum absolute atomic E-state index is 0.188. The van der Waals surface area contributed by atoms with E-state index < -0.39 is 12.2 Å². The summed E-state index contributed by atoms with van der Waals surface area (Å²) in [5.74, 6) is 0.176. The average Bonchev–Trinajstić information content (AvgIpc) is 3.46. The van der Waals surface area contributed by atoms with Crippen LogP contribution in [-0.4, -0.2) is 69.0 Å². The number of halogens is 1. The molecule has 1 aromatic rings. The lowest BCUT2D eigenvalue weighted by molar-refractivity contribution is -0.150. The number of nitrogens with zero attached hydrogens (tertiary/aromatic N) is 3. The lowest BCUT2D eigenvalue weighted by Gasteiger charge is -2.24. The quantitative estimate of drug-likeness (QED) is 0.776. The highest BCUT2D eigenvalue weighted by atomic mass is 19.1. The third-order valence-electron chi connectivity index (χ3n) is 5.45. The topological polar surface area (TPSA) is 74.4 Å². The van der Waals surface area contributed by atoms with Gasteiger partial charge in [0.1, 0.15) is 11.9 Å². The molecule has 2 heterocycles. The summed E-state index contributed by atoms with van der Waals surface area (Å²) in [7, 11) is 0. The predicted octanol–water partition coefficient (Wildman–Crippen LogP) is 1.75. The molecular formula is C20H27FN4O4. The Kier molecular flexibility index (Phi) is 5.86. The first kappa shape index (κ1) is 19.9. The maximum absolute atomic E-state index is 14.9. The molecule has 9 heteroatoms. The molecule has 0 radical (unpaired) electrons. The van der Waals surface area contributed by atoms with Crippen LogP contribution < -0.4 is 15.1 Å². The molecule has 1 atom stereocenters. The highest BCUT2D eigenvalue weighted by Crippen LogP contribution is 2.31. The standard InChI is InChI=1S/C20H27FN4O4/c1-14(26)22-11-17-13-25(20(27)29-17)16-4-5-19(18(21)10-16)23-6-7-24(28-9-8-23)12-15-2-3-15/h4-5,10,15,17H,2-3,6-9,11-13H2,1H3,(H,22,26)/t17-/m0/s1. The molecule has 1 aromatic carbocycles. The number of carbonyl (C=O) groups excluding carboxylic acids is 2. The van der Waals surface area contributed by atoms with E-state index in [0.717, 1.165) is 19.0 Å². The number of amides is 2. The highest BCUT2D eigenvalue weighted by molar-refractivity contribution is 5.90. The van der Waals surface area contributed by atoms with Crippen LogP contribution in [0.5, 0.6) is 0 Å². The van der Waals surface area contributed by atoms with Gasteiger partial charge < -0.3 is 15.0 Å². The molecule has 3 fully saturated rings. The molecule has 3 aliphatic rings. The molecule has 29 heavy (non-hydrogen) atoms. The minimum atomic E-state index is -0.536. The van der Waals surface area contributed by atoms with E-state index in [0.29, 0.717) is 31.1 Å². The van der Waals surface area contributed by atoms with Crippen LogP contribution >= 0.6 is 0 Å². The lowest BCUT2D eigenvalue weighted by atomic mass is 10.2. The maximum atomic E-state index is 14.9. The Hall–Kier alpha value is -2.39. The largest absolute Gasteiger partial charge is 0.442 e. The van der Waals surface area contributed by atoms with Crippen LogP contribution in [0.4, 0.5) is 20.6 Å². The molecule has 0 spiro atoms. The normalized spacial score (nSPS) is 23.1. The molecule has 0 unspecified atom stereocenters. The summed E-state index contributed by atoms with van der Waals surface area (Å²) < 4.78 is 20.1. The molecule has 2 saturated heterocycles. The number of rotatable bonds is 6. The zero-order chi connectivity index (χ0) is 20.4. The molecule has 1 saturated carbocycles. The van der Waals surface area contributed by atoms with Crippen LogP contribution in [0.25, 0.3) is 0 Å². The first-order valence-electron chi connectivity index (χ1n) is 10.1. The molecule has 1 N–H and O–H groups in total. The molecule has 8 nitrogen and oxygen atoms in total. The Labute approximate surface area is 169 Å². The van der Waals surface area contributed by atoms with Crippen LogP contribution in [0.3, 0.4) is 0 Å². The van der Waals surface area contributed by atoms with Gasteiger partial charge in [0, 0.05) is 33.1 Å². The van der Waals surface area contributed by atoms with Crippen molar-refractivity contribution in [3.63, 3.8) is 0 Å². The van der Waals surface area contributed by atoms with Gasteiger partial charge in [-0.15, -0.1) is 0 Å². The van der Waals surface area contributed by atoms with Crippen LogP contribution in [-0.2, 0) is 14.4 Å². The Morgan fingerprint density at radius 1 is 1.28 bits per heavy atom. The summed E-state index contributed by atoms with van der Waals surface area (Å²) in [6.45, 7) is 5.43. The number of anilines is 2. The van der Waals surface area contributed by atoms with Gasteiger partial charge in [0.2, 0.25) is 5.91 Å². The van der Waals surface area contributed by atoms with Crippen LogP contribution in [0.15, 0.2) is 18.2 Å². The van der Waals surface area contributed by atoms with E-state index in [2.05, 4.69) is 5.32 Å². The Bertz CT molecular complexity index is 773. The van der Waals surface area contributed by atoms with Crippen molar-refractivity contribution in [1.29, 1.82) is 0 Å². The number of hydroxylamine groups is 2. The van der Waals surface area contributed by atoms with Crippen molar-refractivity contribution < 1.29 is 23.6 Å². The molecule has 2 amide bonds. The summed E-state index contributed by atoms with van der Waals surface area (Å²) in [5.41, 5.74) is 0.955. The number of ether oxygens (including phenoxy) is 1. The summed E-state index contributed by atoms with van der Waals surface area (Å²) in [6.07, 6.45) is 1.55. The molecule has 4 rings (SSSR count). The van der Waals surface area contributed by atoms with E-state index in [9.17, 15) is 14.0 Å². The van der Waals surface area contributed by atoms with Crippen molar-refractivity contribution in [2.24, 2.45) is 5.92 Å². The number of benzene rings is 1. The number of carbonyl (C=O) groups is 2. The fourth-order valence-electron chi connectivity index (χ4n) is 3.68. The van der Waals surface area contributed by atoms with Gasteiger partial charge in [0.05, 0.1) is 31.1 Å². The molecule has 2 aliphatic heterocycles. The molecular weight excluding hydrogens is 379 g/mol. The van der Waals surface area contributed by atoms with Crippen LogP contribution in [0.2, 0.25) is 0 Å². The predicted molar refractivity (Wildman–Crippen MR) is 105 cm³/mol. The molecule has 1 aliphatic carbocycles. The van der Waals surface area contributed by atoms with Crippen molar-refractivity contribution in [2.75, 3.05) is 55.7 Å². The van der Waals surface area contributed by atoms with E-state index in [1.54, 1.807) is 12.1 Å². The monoisotopic (exact) mass is 406 g/mol. The van der Waals surface area contributed by atoms with Crippen molar-refractivity contribution in [3.05, 3.63) is 24.0 Å². The summed E-state index contributed by atoms with van der Waals surface area (Å²) >= 11 is 0. The van der Waals surface area contributed by atoms with E-state index in [-0.39, 0.29) is 24.8 Å². The van der Waals surface area contributed by atoms with Gasteiger partial charge in [-0.25, -0.2) is 9.18 Å². The Morgan fingerprint density at radius 3 is 2.83 bits per heavy atom. The molecule has 158 valence electrons. The second-order valence-electron chi connectivity index (χ2n) is 7.84. The molecule has 0 bridgehead atoms. The van der Waals surface area contributed by atoms with E-state index >= 15 is 0 Å². The van der Waals surface area contributed by atoms with Gasteiger partial charge in [0.25, 0.3) is 0 Å². The SMILES string of the molecule is CC(=O)NC[C@H]1CN(c2ccc(N3CCON(CC4CC4)CC3)c(F)c2)C(=O)O1. The van der Waals surface area contributed by atoms with Crippen molar-refractivity contribution in [2.45, 2.75) is 25.9 Å². The first-order valence-corrected chi connectivity index (χ1v) is 10.1. The lowest BCUT2D eigenvalue weighted by Crippen LogP contribution is -2.33. The van der Waals surface area contributed by atoms with Gasteiger partial charge in [0.15, 0.2) is 0 Å². The smallest absolute Gasteiger partial charge is 0.414 e. The second kappa shape index (κ2) is 8.54. The van der Waals surface area contributed by atoms with E-state index in [1.807, 2.05) is 9.96 Å². The van der Waals surface area contributed by atoms with Gasteiger partial charge >= 0.3 is 6.09 Å². The Morgan fingerprint density at radius 2 is 2.10 bits per heavy atom. The summed E-state index contributed by atoms with van der Waals surface area (Å²) in [6, 6.07) is 4.80. The third kappa shape index (κ3) is 4.97. The zero-order valence-electron chi connectivity index (χ0n) is 16.6. The van der Waals surface area contributed by atoms with E-state index in [1.165, 1.54) is 30.7 Å². The summed E-state index contributed by atoms with van der Waals surface area (Å²) in [4.78, 5) is 32.3. The van der Waals surface area contributed by atoms with Crippen LogP contribution in [0, 0.1) is 11.7 Å². The molecule has 0 aromatic heterocycles. The number of hydrogen-bond donors (Lipinski definition) is 1. The Balaban J connectivity index is 1.38. The van der Waals surface area contributed by atoms with Crippen molar-refractivity contribution >= 4 is 23.4 Å². The third-order valence-corrected chi connectivity index (χ3v) is 5.45. The minimum Gasteiger partial charge on any atom is -0.442 e. The maximum Gasteiger partial charge on any atom is 0.414 e. The zero-order valence-corrected chi connectivity index (χ0v) is 16.6. The van der Waals surface area contributed by atoms with Crippen LogP contribution in [0.1, 0.15) is 19.8 Å². The van der Waals surface area contributed by atoms with Crippen molar-refractivity contribution in [1.82, 2.24) is 10.4 Å². The van der Waals surface area contributed by atoms with Gasteiger partial charge in [-0.2, -0.15) is 5.06 Å². The van der Waals surface area contributed by atoms with E-state index in [4.69, 9.17) is 9.57 Å². The van der Waals surface area contributed by atoms with Gasteiger partial charge in [-0.05, 0) is 37.0 Å². The number of nitrogens with one attached hydrogen (secondary N) is 1. The average molecular weight is 406 g/mol. The van der Waals surface area contributed by atoms with Gasteiger partial charge in [-0.3, -0.25) is 14.5 Å². The number of cyclic esters (lactones) is 1. The number of hydrogen-bond acceptors (Lipinski definition) is 6. The summed E-state index contributed by atoms with van der Waals surface area (Å²) in [5, 5.41) is 4.63. The first-order chi connectivity index (χ1) is 14.0. The fraction of sp³-hybridized carbons (Fsp3) is 0.600.